The van der Waals surface area contributed by atoms with Crippen molar-refractivity contribution in [1.29, 1.82) is 0 Å². The molecule has 4 aromatic rings. The summed E-state index contributed by atoms with van der Waals surface area (Å²) in [5.74, 6) is 1.66. The number of nitrogens with two attached hydrogens (primary N) is 2. The van der Waals surface area contributed by atoms with E-state index in [9.17, 15) is 4.39 Å². The normalized spacial score (nSPS) is 18.8. The van der Waals surface area contributed by atoms with Gasteiger partial charge in [-0.05, 0) is 80.7 Å². The molecule has 3 aliphatic rings. The first kappa shape index (κ1) is 25.3. The predicted molar refractivity (Wildman–Crippen MR) is 159 cm³/mol. The zero-order valence-electron chi connectivity index (χ0n) is 23.0. The smallest absolute Gasteiger partial charge is 0.223 e. The molecule has 0 spiro atoms. The minimum atomic E-state index is -0.280. The number of nitrogens with zero attached hydrogens (tertiary/aromatic N) is 4. The molecule has 0 bridgehead atoms. The van der Waals surface area contributed by atoms with Gasteiger partial charge in [0.05, 0.1) is 16.8 Å². The van der Waals surface area contributed by atoms with Crippen molar-refractivity contribution in [1.82, 2.24) is 19.6 Å². The maximum absolute atomic E-state index is 14.0. The highest BCUT2D eigenvalue weighted by Gasteiger charge is 2.33. The average molecular weight is 540 g/mol. The molecule has 3 heterocycles. The second-order valence-corrected chi connectivity index (χ2v) is 12.0. The molecular weight excluding hydrogens is 501 g/mol. The molecule has 5 N–H and O–H groups in total. The molecule has 3 fully saturated rings. The van der Waals surface area contributed by atoms with Crippen molar-refractivity contribution in [2.75, 3.05) is 16.8 Å². The molecule has 0 unspecified atom stereocenters. The third kappa shape index (κ3) is 4.38. The van der Waals surface area contributed by atoms with E-state index in [0.717, 1.165) is 83.4 Å². The summed E-state index contributed by atoms with van der Waals surface area (Å²) in [6, 6.07) is 8.87. The Morgan fingerprint density at radius 2 is 1.43 bits per heavy atom. The molecule has 3 aliphatic carbocycles. The number of nitrogens with one attached hydrogen (secondary N) is 1. The Labute approximate surface area is 234 Å². The number of aromatic nitrogens is 4. The van der Waals surface area contributed by atoms with Gasteiger partial charge >= 0.3 is 0 Å². The van der Waals surface area contributed by atoms with Gasteiger partial charge in [-0.3, -0.25) is 0 Å². The van der Waals surface area contributed by atoms with Crippen LogP contribution in [0.5, 0.6) is 0 Å². The van der Waals surface area contributed by atoms with Gasteiger partial charge in [0, 0.05) is 34.6 Å². The van der Waals surface area contributed by atoms with Gasteiger partial charge in [0.15, 0.2) is 0 Å². The highest BCUT2D eigenvalue weighted by molar-refractivity contribution is 5.96. The van der Waals surface area contributed by atoms with Crippen LogP contribution < -0.4 is 16.8 Å². The second kappa shape index (κ2) is 10.4. The van der Waals surface area contributed by atoms with E-state index in [1.807, 2.05) is 16.8 Å². The fourth-order valence-corrected chi connectivity index (χ4v) is 7.51. The highest BCUT2D eigenvalue weighted by atomic mass is 19.1. The molecule has 7 nitrogen and oxygen atoms in total. The summed E-state index contributed by atoms with van der Waals surface area (Å²) < 4.78 is 15.9. The maximum Gasteiger partial charge on any atom is 0.223 e. The van der Waals surface area contributed by atoms with Gasteiger partial charge in [-0.25, -0.2) is 18.9 Å². The zero-order valence-corrected chi connectivity index (χ0v) is 23.0. The largest absolute Gasteiger partial charge is 0.398 e. The van der Waals surface area contributed by atoms with Crippen molar-refractivity contribution >= 4 is 23.0 Å². The number of benzene rings is 1. The Morgan fingerprint density at radius 1 is 0.800 bits per heavy atom. The van der Waals surface area contributed by atoms with Crippen molar-refractivity contribution in [3.63, 3.8) is 0 Å². The number of fused-ring (bicyclic) bond motifs is 1. The first-order valence-corrected chi connectivity index (χ1v) is 15.1. The third-order valence-electron chi connectivity index (χ3n) is 9.47. The zero-order chi connectivity index (χ0) is 27.2. The molecule has 40 heavy (non-hydrogen) atoms. The van der Waals surface area contributed by atoms with Crippen LogP contribution in [0.4, 0.5) is 21.8 Å². The van der Waals surface area contributed by atoms with Gasteiger partial charge in [-0.15, -0.1) is 0 Å². The lowest BCUT2D eigenvalue weighted by atomic mass is 9.87. The number of nitrogen functional groups attached to an aromatic ring is 2. The van der Waals surface area contributed by atoms with E-state index >= 15 is 0 Å². The number of pyridine rings is 1. The number of rotatable bonds is 6. The Hall–Kier alpha value is -3.68. The first-order chi connectivity index (χ1) is 19.6. The summed E-state index contributed by atoms with van der Waals surface area (Å²) in [4.78, 5) is 9.59. The first-order valence-electron chi connectivity index (χ1n) is 15.1. The minimum absolute atomic E-state index is 0.280. The fraction of sp³-hybridized carbons (Fsp3) is 0.469. The van der Waals surface area contributed by atoms with Crippen molar-refractivity contribution in [3.05, 3.63) is 53.5 Å². The lowest BCUT2D eigenvalue weighted by Gasteiger charge is -2.24. The number of hydrogen-bond acceptors (Lipinski definition) is 6. The van der Waals surface area contributed by atoms with Crippen LogP contribution in [-0.4, -0.2) is 25.6 Å². The molecule has 208 valence electrons. The van der Waals surface area contributed by atoms with Crippen molar-refractivity contribution in [2.45, 2.75) is 94.9 Å². The quantitative estimate of drug-likeness (QED) is 0.235. The molecule has 0 amide bonds. The van der Waals surface area contributed by atoms with Crippen LogP contribution in [0.1, 0.15) is 100 Å². The summed E-state index contributed by atoms with van der Waals surface area (Å²) in [6.07, 6.45) is 15.7. The van der Waals surface area contributed by atoms with Crippen LogP contribution in [0.2, 0.25) is 0 Å². The molecule has 0 saturated heterocycles. The van der Waals surface area contributed by atoms with Gasteiger partial charge < -0.3 is 16.8 Å². The van der Waals surface area contributed by atoms with Crippen LogP contribution in [0.25, 0.3) is 28.0 Å². The van der Waals surface area contributed by atoms with Gasteiger partial charge in [0.1, 0.15) is 17.3 Å². The lowest BCUT2D eigenvalue weighted by Crippen LogP contribution is -2.16. The van der Waals surface area contributed by atoms with E-state index in [0.29, 0.717) is 29.6 Å². The van der Waals surface area contributed by atoms with E-state index in [2.05, 4.69) is 10.3 Å². The van der Waals surface area contributed by atoms with E-state index < -0.39 is 0 Å². The van der Waals surface area contributed by atoms with E-state index in [-0.39, 0.29) is 5.82 Å². The highest BCUT2D eigenvalue weighted by Crippen LogP contribution is 2.50. The van der Waals surface area contributed by atoms with Crippen LogP contribution in [0, 0.1) is 5.82 Å². The number of halogens is 1. The Morgan fingerprint density at radius 3 is 2.10 bits per heavy atom. The van der Waals surface area contributed by atoms with Crippen LogP contribution >= 0.6 is 0 Å². The van der Waals surface area contributed by atoms with Gasteiger partial charge in [-0.1, -0.05) is 38.5 Å². The van der Waals surface area contributed by atoms with Crippen molar-refractivity contribution < 1.29 is 4.39 Å². The summed E-state index contributed by atoms with van der Waals surface area (Å²) in [6.45, 7) is 0. The van der Waals surface area contributed by atoms with E-state index in [1.54, 1.807) is 12.1 Å². The van der Waals surface area contributed by atoms with Gasteiger partial charge in [-0.2, -0.15) is 5.10 Å². The minimum Gasteiger partial charge on any atom is -0.398 e. The fourth-order valence-electron chi connectivity index (χ4n) is 7.51. The molecule has 8 heteroatoms. The predicted octanol–water partition coefficient (Wildman–Crippen LogP) is 7.43. The van der Waals surface area contributed by atoms with Crippen molar-refractivity contribution in [2.24, 2.45) is 0 Å². The number of anilines is 3. The molecule has 1 aromatic carbocycles. The third-order valence-corrected chi connectivity index (χ3v) is 9.47. The molecule has 0 radical (unpaired) electrons. The standard InChI is InChI=1S/C32H38FN7/c33-22-15-13-21(14-16-22)29-27(24-17-18-36-32(38-24)37-23-11-5-6-12-23)30-25(19-7-1-2-8-19)28(34)26(20-9-3-4-10-20)31(35)40(30)39-29/h13-20,23H,1-12,34-35H2,(H,36,37,38). The van der Waals surface area contributed by atoms with Crippen LogP contribution in [0.15, 0.2) is 36.5 Å². The molecule has 0 aliphatic heterocycles. The summed E-state index contributed by atoms with van der Waals surface area (Å²) >= 11 is 0. The molecule has 3 saturated carbocycles. The Bertz CT molecular complexity index is 1530. The molecular formula is C32H38FN7. The van der Waals surface area contributed by atoms with Gasteiger partial charge in [0.25, 0.3) is 0 Å². The Balaban J connectivity index is 1.50. The number of hydrogen-bond donors (Lipinski definition) is 3. The topological polar surface area (TPSA) is 107 Å². The lowest BCUT2D eigenvalue weighted by molar-refractivity contribution is 0.628. The second-order valence-electron chi connectivity index (χ2n) is 12.0. The Kier molecular flexibility index (Phi) is 6.56. The molecule has 3 aromatic heterocycles. The van der Waals surface area contributed by atoms with Crippen LogP contribution in [0.3, 0.4) is 0 Å². The molecule has 0 atom stereocenters. The summed E-state index contributed by atoms with van der Waals surface area (Å²) in [7, 11) is 0. The monoisotopic (exact) mass is 539 g/mol. The average Bonchev–Trinajstić information content (AvgIpc) is 3.78. The summed E-state index contributed by atoms with van der Waals surface area (Å²) in [5.41, 5.74) is 21.4. The van der Waals surface area contributed by atoms with Crippen LogP contribution in [-0.2, 0) is 0 Å². The summed E-state index contributed by atoms with van der Waals surface area (Å²) in [5, 5.41) is 8.71. The van der Waals surface area contributed by atoms with E-state index in [4.69, 9.17) is 21.5 Å². The molecule has 7 rings (SSSR count). The maximum atomic E-state index is 14.0. The van der Waals surface area contributed by atoms with Gasteiger partial charge in [0.2, 0.25) is 5.95 Å². The SMILES string of the molecule is Nc1c(C2CCCC2)c(N)n2nc(-c3ccc(F)cc3)c(-c3ccnc(NC4CCCC4)n3)c2c1C1CCCC1. The van der Waals surface area contributed by atoms with E-state index in [1.165, 1.54) is 50.7 Å². The van der Waals surface area contributed by atoms with Crippen molar-refractivity contribution in [3.8, 4) is 22.5 Å².